The highest BCUT2D eigenvalue weighted by molar-refractivity contribution is 5.97. The van der Waals surface area contributed by atoms with Crippen LogP contribution in [0.5, 0.6) is 0 Å². The van der Waals surface area contributed by atoms with Gasteiger partial charge in [-0.15, -0.1) is 5.73 Å². The number of allylic oxidation sites excluding steroid dienone is 3. The smallest absolute Gasteiger partial charge is 0.158 e. The number of carbonyl (C=O) groups excluding carboxylic acids is 1. The third kappa shape index (κ3) is 2.71. The van der Waals surface area contributed by atoms with Gasteiger partial charge in [0, 0.05) is 11.8 Å². The van der Waals surface area contributed by atoms with Crippen molar-refractivity contribution in [2.75, 3.05) is 0 Å². The minimum atomic E-state index is -0.0862. The maximum absolute atomic E-state index is 11.3. The van der Waals surface area contributed by atoms with E-state index in [-0.39, 0.29) is 5.41 Å². The fourth-order valence-electron chi connectivity index (χ4n) is 1.65. The second-order valence-electron chi connectivity index (χ2n) is 4.12. The van der Waals surface area contributed by atoms with E-state index in [4.69, 9.17) is 0 Å². The third-order valence-electron chi connectivity index (χ3n) is 2.23. The average Bonchev–Trinajstić information content (AvgIpc) is 2.35. The highest BCUT2D eigenvalue weighted by Gasteiger charge is 2.20. The van der Waals surface area contributed by atoms with E-state index in [0.717, 1.165) is 24.8 Å². The molecule has 1 nitrogen and oxygen atoms in total. The first-order chi connectivity index (χ1) is 6.05. The Balaban J connectivity index is 2.85. The van der Waals surface area contributed by atoms with Crippen LogP contribution < -0.4 is 0 Å². The standard InChI is InChI=1S/C12H16O/c1-4-8-12(2,3)9-10-6-5-7-11(10)13/h8-9H,1,5-7H2,2-3H3/b10-9-. The Morgan fingerprint density at radius 2 is 2.15 bits per heavy atom. The van der Waals surface area contributed by atoms with Gasteiger partial charge in [-0.2, -0.15) is 0 Å². The van der Waals surface area contributed by atoms with Crippen LogP contribution in [-0.4, -0.2) is 5.78 Å². The molecule has 1 heteroatoms. The lowest BCUT2D eigenvalue weighted by Crippen LogP contribution is -2.05. The normalized spacial score (nSPS) is 20.5. The summed E-state index contributed by atoms with van der Waals surface area (Å²) < 4.78 is 0. The van der Waals surface area contributed by atoms with Crippen molar-refractivity contribution < 1.29 is 4.79 Å². The van der Waals surface area contributed by atoms with E-state index in [1.165, 1.54) is 0 Å². The highest BCUT2D eigenvalue weighted by Crippen LogP contribution is 2.27. The summed E-state index contributed by atoms with van der Waals surface area (Å²) in [5.74, 6) is 0.311. The van der Waals surface area contributed by atoms with Gasteiger partial charge in [-0.05, 0) is 24.5 Å². The van der Waals surface area contributed by atoms with Crippen LogP contribution >= 0.6 is 0 Å². The third-order valence-corrected chi connectivity index (χ3v) is 2.23. The van der Waals surface area contributed by atoms with E-state index in [1.54, 1.807) is 0 Å². The number of rotatable bonds is 2. The highest BCUT2D eigenvalue weighted by atomic mass is 16.1. The van der Waals surface area contributed by atoms with Crippen molar-refractivity contribution >= 4 is 5.78 Å². The van der Waals surface area contributed by atoms with Gasteiger partial charge in [-0.3, -0.25) is 4.79 Å². The summed E-state index contributed by atoms with van der Waals surface area (Å²) in [7, 11) is 0. The van der Waals surface area contributed by atoms with Gasteiger partial charge in [0.2, 0.25) is 0 Å². The molecule has 0 atom stereocenters. The molecule has 0 saturated heterocycles. The summed E-state index contributed by atoms with van der Waals surface area (Å²) in [6, 6.07) is 0. The van der Waals surface area contributed by atoms with Crippen LogP contribution in [0.15, 0.2) is 30.0 Å². The van der Waals surface area contributed by atoms with E-state index in [1.807, 2.05) is 12.2 Å². The number of hydrogen-bond acceptors (Lipinski definition) is 1. The second kappa shape index (κ2) is 3.76. The largest absolute Gasteiger partial charge is 0.295 e. The molecule has 0 N–H and O–H groups in total. The van der Waals surface area contributed by atoms with Crippen LogP contribution in [0.3, 0.4) is 0 Å². The van der Waals surface area contributed by atoms with Gasteiger partial charge in [0.15, 0.2) is 5.78 Å². The molecule has 1 rings (SSSR count). The van der Waals surface area contributed by atoms with Crippen LogP contribution in [0, 0.1) is 5.41 Å². The van der Waals surface area contributed by atoms with E-state index in [0.29, 0.717) is 5.78 Å². The van der Waals surface area contributed by atoms with Gasteiger partial charge in [0.1, 0.15) is 0 Å². The van der Waals surface area contributed by atoms with Crippen LogP contribution in [-0.2, 0) is 4.79 Å². The van der Waals surface area contributed by atoms with Crippen molar-refractivity contribution in [3.05, 3.63) is 30.0 Å². The Labute approximate surface area is 79.8 Å². The second-order valence-corrected chi connectivity index (χ2v) is 4.12. The molecule has 0 aromatic rings. The monoisotopic (exact) mass is 176 g/mol. The molecule has 1 saturated carbocycles. The van der Waals surface area contributed by atoms with Crippen LogP contribution in [0.2, 0.25) is 0 Å². The molecule has 0 radical (unpaired) electrons. The molecule has 0 heterocycles. The van der Waals surface area contributed by atoms with Crippen molar-refractivity contribution in [3.63, 3.8) is 0 Å². The zero-order valence-electron chi connectivity index (χ0n) is 8.39. The molecule has 0 spiro atoms. The molecule has 1 aliphatic carbocycles. The summed E-state index contributed by atoms with van der Waals surface area (Å²) in [4.78, 5) is 11.3. The molecule has 0 bridgehead atoms. The molecule has 0 aromatic heterocycles. The van der Waals surface area contributed by atoms with Crippen molar-refractivity contribution in [3.8, 4) is 0 Å². The summed E-state index contributed by atoms with van der Waals surface area (Å²) in [6.07, 6.45) is 6.61. The van der Waals surface area contributed by atoms with Crippen LogP contribution in [0.25, 0.3) is 0 Å². The van der Waals surface area contributed by atoms with E-state index >= 15 is 0 Å². The maximum atomic E-state index is 11.3. The summed E-state index contributed by atoms with van der Waals surface area (Å²) in [5.41, 5.74) is 3.66. The lowest BCUT2D eigenvalue weighted by Gasteiger charge is -2.14. The Hall–Kier alpha value is -1.07. The lowest BCUT2D eigenvalue weighted by atomic mass is 9.90. The SMILES string of the molecule is C=C=CC(C)(C)/C=C1/CCCC1=O. The van der Waals surface area contributed by atoms with E-state index in [2.05, 4.69) is 26.2 Å². The Kier molecular flexibility index (Phi) is 2.90. The predicted molar refractivity (Wildman–Crippen MR) is 54.4 cm³/mol. The van der Waals surface area contributed by atoms with Gasteiger partial charge >= 0.3 is 0 Å². The quantitative estimate of drug-likeness (QED) is 0.467. The molecular weight excluding hydrogens is 160 g/mol. The minimum absolute atomic E-state index is 0.0862. The maximum Gasteiger partial charge on any atom is 0.158 e. The van der Waals surface area contributed by atoms with Crippen molar-refractivity contribution in [2.24, 2.45) is 5.41 Å². The Morgan fingerprint density at radius 1 is 1.46 bits per heavy atom. The molecule has 0 amide bonds. The number of carbonyl (C=O) groups is 1. The molecule has 0 unspecified atom stereocenters. The zero-order chi connectivity index (χ0) is 9.90. The molecule has 70 valence electrons. The first-order valence-corrected chi connectivity index (χ1v) is 4.67. The molecule has 0 aromatic carbocycles. The van der Waals surface area contributed by atoms with Gasteiger partial charge < -0.3 is 0 Å². The van der Waals surface area contributed by atoms with E-state index < -0.39 is 0 Å². The van der Waals surface area contributed by atoms with Crippen molar-refractivity contribution in [1.82, 2.24) is 0 Å². The fraction of sp³-hybridized carbons (Fsp3) is 0.500. The van der Waals surface area contributed by atoms with Crippen LogP contribution in [0.1, 0.15) is 33.1 Å². The van der Waals surface area contributed by atoms with Gasteiger partial charge in [-0.1, -0.05) is 26.5 Å². The molecule has 13 heavy (non-hydrogen) atoms. The van der Waals surface area contributed by atoms with E-state index in [9.17, 15) is 4.79 Å². The fourth-order valence-corrected chi connectivity index (χ4v) is 1.65. The number of ketones is 1. The molecular formula is C12H16O. The first kappa shape index (κ1) is 10.0. The van der Waals surface area contributed by atoms with Crippen molar-refractivity contribution in [2.45, 2.75) is 33.1 Å². The Bertz CT molecular complexity index is 288. The van der Waals surface area contributed by atoms with Crippen LogP contribution in [0.4, 0.5) is 0 Å². The average molecular weight is 176 g/mol. The van der Waals surface area contributed by atoms with Gasteiger partial charge in [0.05, 0.1) is 0 Å². The summed E-state index contributed by atoms with van der Waals surface area (Å²) in [5, 5.41) is 0. The lowest BCUT2D eigenvalue weighted by molar-refractivity contribution is -0.114. The molecule has 1 aliphatic rings. The predicted octanol–water partition coefficient (Wildman–Crippen LogP) is 3.03. The topological polar surface area (TPSA) is 17.1 Å². The zero-order valence-corrected chi connectivity index (χ0v) is 8.39. The van der Waals surface area contributed by atoms with Gasteiger partial charge in [0.25, 0.3) is 0 Å². The van der Waals surface area contributed by atoms with Gasteiger partial charge in [-0.25, -0.2) is 0 Å². The number of Topliss-reactive ketones (excluding diaryl/α,β-unsaturated/α-hetero) is 1. The first-order valence-electron chi connectivity index (χ1n) is 4.67. The summed E-state index contributed by atoms with van der Waals surface area (Å²) in [6.45, 7) is 7.66. The minimum Gasteiger partial charge on any atom is -0.295 e. The number of hydrogen-bond donors (Lipinski definition) is 0. The Morgan fingerprint density at radius 3 is 2.62 bits per heavy atom. The summed E-state index contributed by atoms with van der Waals surface area (Å²) >= 11 is 0. The van der Waals surface area contributed by atoms with Crippen molar-refractivity contribution in [1.29, 1.82) is 0 Å². The molecule has 1 fully saturated rings. The molecule has 0 aliphatic heterocycles.